The molecule has 1 amide bonds. The van der Waals surface area contributed by atoms with Gasteiger partial charge in [-0.1, -0.05) is 24.3 Å². The van der Waals surface area contributed by atoms with Gasteiger partial charge in [-0.2, -0.15) is 0 Å². The Balaban J connectivity index is 2.24. The molecule has 2 rings (SSSR count). The normalized spacial score (nSPS) is 11.8. The lowest BCUT2D eigenvalue weighted by molar-refractivity contribution is -0.141. The summed E-state index contributed by atoms with van der Waals surface area (Å²) in [5, 5.41) is 2.62. The Morgan fingerprint density at radius 1 is 1.08 bits per heavy atom. The van der Waals surface area contributed by atoms with Crippen molar-refractivity contribution in [3.05, 3.63) is 53.8 Å². The highest BCUT2D eigenvalue weighted by atomic mass is 19.1. The van der Waals surface area contributed by atoms with Crippen LogP contribution in [0.3, 0.4) is 0 Å². The average Bonchev–Trinajstić information content (AvgIpc) is 2.59. The first-order valence-electron chi connectivity index (χ1n) is 8.28. The van der Waals surface area contributed by atoms with E-state index in [-0.39, 0.29) is 6.04 Å². The molecule has 1 unspecified atom stereocenters. The van der Waals surface area contributed by atoms with Crippen LogP contribution < -0.4 is 10.1 Å². The number of benzene rings is 2. The van der Waals surface area contributed by atoms with Crippen molar-refractivity contribution in [3.8, 4) is 16.9 Å². The van der Waals surface area contributed by atoms with Gasteiger partial charge in [-0.3, -0.25) is 4.79 Å². The van der Waals surface area contributed by atoms with Gasteiger partial charge < -0.3 is 14.8 Å². The first-order chi connectivity index (χ1) is 12.3. The lowest BCUT2D eigenvalue weighted by Crippen LogP contribution is -2.32. The van der Waals surface area contributed by atoms with Crippen molar-refractivity contribution < 1.29 is 23.5 Å². The van der Waals surface area contributed by atoms with E-state index in [1.807, 2.05) is 13.8 Å². The first-order valence-corrected chi connectivity index (χ1v) is 8.28. The van der Waals surface area contributed by atoms with Crippen molar-refractivity contribution in [1.82, 2.24) is 5.32 Å². The number of esters is 1. The van der Waals surface area contributed by atoms with Crippen LogP contribution in [-0.4, -0.2) is 25.2 Å². The minimum absolute atomic E-state index is 0.0486. The monoisotopic (exact) mass is 359 g/mol. The summed E-state index contributed by atoms with van der Waals surface area (Å²) < 4.78 is 24.4. The van der Waals surface area contributed by atoms with E-state index in [1.165, 1.54) is 13.2 Å². The van der Waals surface area contributed by atoms with E-state index >= 15 is 0 Å². The summed E-state index contributed by atoms with van der Waals surface area (Å²) in [7, 11) is 1.30. The molecule has 0 fully saturated rings. The fourth-order valence-electron chi connectivity index (χ4n) is 2.45. The summed E-state index contributed by atoms with van der Waals surface area (Å²) in [5.74, 6) is -1.14. The number of nitrogens with one attached hydrogen (secondary N) is 1. The molecule has 1 N–H and O–H groups in total. The Labute approximate surface area is 152 Å². The summed E-state index contributed by atoms with van der Waals surface area (Å²) in [6.07, 6.45) is -0.570. The molecule has 0 aromatic heterocycles. The molecule has 2 aromatic carbocycles. The number of carbonyl (C=O) groups is 2. The lowest BCUT2D eigenvalue weighted by atomic mass is 9.97. The van der Waals surface area contributed by atoms with Gasteiger partial charge >= 0.3 is 12.1 Å². The zero-order valence-corrected chi connectivity index (χ0v) is 15.2. The zero-order valence-electron chi connectivity index (χ0n) is 15.2. The topological polar surface area (TPSA) is 64.6 Å². The number of ether oxygens (including phenoxy) is 2. The van der Waals surface area contributed by atoms with Gasteiger partial charge in [0.1, 0.15) is 11.6 Å². The van der Waals surface area contributed by atoms with Gasteiger partial charge in [-0.15, -0.1) is 0 Å². The highest BCUT2D eigenvalue weighted by molar-refractivity contribution is 5.78. The van der Waals surface area contributed by atoms with E-state index < -0.39 is 23.8 Å². The van der Waals surface area contributed by atoms with Gasteiger partial charge in [-0.25, -0.2) is 9.18 Å². The number of carbonyl (C=O) groups excluding carboxylic acids is 2. The molecule has 0 radical (unpaired) electrons. The van der Waals surface area contributed by atoms with Crippen LogP contribution in [-0.2, 0) is 9.53 Å². The van der Waals surface area contributed by atoms with Crippen LogP contribution in [0.15, 0.2) is 42.5 Å². The highest BCUT2D eigenvalue weighted by Crippen LogP contribution is 2.29. The predicted octanol–water partition coefficient (Wildman–Crippen LogP) is 4.27. The molecular formula is C20H22FNO4. The summed E-state index contributed by atoms with van der Waals surface area (Å²) in [5.41, 5.74) is 1.44. The minimum atomic E-state index is -0.570. The summed E-state index contributed by atoms with van der Waals surface area (Å²) in [6.45, 7) is 5.30. The molecule has 2 aromatic rings. The number of hydrogen-bond acceptors (Lipinski definition) is 4. The van der Waals surface area contributed by atoms with Crippen molar-refractivity contribution in [2.75, 3.05) is 7.11 Å². The Bertz CT molecular complexity index is 804. The van der Waals surface area contributed by atoms with E-state index in [1.54, 1.807) is 43.3 Å². The molecule has 5 nitrogen and oxygen atoms in total. The summed E-state index contributed by atoms with van der Waals surface area (Å²) in [4.78, 5) is 23.3. The number of hydrogen-bond donors (Lipinski definition) is 1. The Hall–Kier alpha value is -2.89. The molecule has 26 heavy (non-hydrogen) atoms. The summed E-state index contributed by atoms with van der Waals surface area (Å²) >= 11 is 0. The van der Waals surface area contributed by atoms with Gasteiger partial charge in [0, 0.05) is 11.6 Å². The molecule has 0 aliphatic rings. The largest absolute Gasteiger partial charge is 0.469 e. The quantitative estimate of drug-likeness (QED) is 0.810. The SMILES string of the molecule is COC(=O)C(C)c1ccc(-c2cccc(OC(=O)NC(C)C)c2)c(F)c1. The molecule has 1 atom stereocenters. The molecule has 0 spiro atoms. The highest BCUT2D eigenvalue weighted by Gasteiger charge is 2.18. The van der Waals surface area contributed by atoms with Crippen LogP contribution in [0, 0.1) is 5.82 Å². The predicted molar refractivity (Wildman–Crippen MR) is 96.6 cm³/mol. The second kappa shape index (κ2) is 8.47. The van der Waals surface area contributed by atoms with E-state index in [0.29, 0.717) is 22.4 Å². The maximum absolute atomic E-state index is 14.6. The first kappa shape index (κ1) is 19.4. The van der Waals surface area contributed by atoms with Gasteiger partial charge in [0.05, 0.1) is 13.0 Å². The van der Waals surface area contributed by atoms with Gasteiger partial charge in [0.15, 0.2) is 0 Å². The second-order valence-corrected chi connectivity index (χ2v) is 6.20. The van der Waals surface area contributed by atoms with Crippen LogP contribution in [0.1, 0.15) is 32.3 Å². The Morgan fingerprint density at radius 2 is 1.81 bits per heavy atom. The summed E-state index contributed by atoms with van der Waals surface area (Å²) in [6, 6.07) is 11.1. The molecule has 0 aliphatic heterocycles. The number of amides is 1. The smallest absolute Gasteiger partial charge is 0.412 e. The third kappa shape index (κ3) is 4.81. The van der Waals surface area contributed by atoms with Crippen LogP contribution in [0.25, 0.3) is 11.1 Å². The molecular weight excluding hydrogens is 337 g/mol. The third-order valence-electron chi connectivity index (χ3n) is 3.81. The molecule has 0 saturated heterocycles. The maximum atomic E-state index is 14.6. The van der Waals surface area contributed by atoms with Gasteiger partial charge in [0.2, 0.25) is 0 Å². The fourth-order valence-corrected chi connectivity index (χ4v) is 2.45. The maximum Gasteiger partial charge on any atom is 0.412 e. The standard InChI is InChI=1S/C20H22FNO4/c1-12(2)22-20(24)26-16-7-5-6-15(10-16)17-9-8-14(11-18(17)21)13(3)19(23)25-4/h5-13H,1-4H3,(H,22,24). The Morgan fingerprint density at radius 3 is 2.42 bits per heavy atom. The van der Waals surface area contributed by atoms with Crippen LogP contribution in [0.4, 0.5) is 9.18 Å². The van der Waals surface area contributed by atoms with Crippen molar-refractivity contribution >= 4 is 12.1 Å². The van der Waals surface area contributed by atoms with E-state index in [2.05, 4.69) is 10.1 Å². The van der Waals surface area contributed by atoms with Gasteiger partial charge in [-0.05, 0) is 50.1 Å². The molecule has 0 bridgehead atoms. The van der Waals surface area contributed by atoms with E-state index in [9.17, 15) is 14.0 Å². The molecule has 0 saturated carbocycles. The molecule has 0 heterocycles. The zero-order chi connectivity index (χ0) is 19.3. The van der Waals surface area contributed by atoms with Crippen molar-refractivity contribution in [3.63, 3.8) is 0 Å². The van der Waals surface area contributed by atoms with E-state index in [4.69, 9.17) is 4.74 Å². The van der Waals surface area contributed by atoms with Crippen LogP contribution >= 0.6 is 0 Å². The molecule has 6 heteroatoms. The third-order valence-corrected chi connectivity index (χ3v) is 3.81. The molecule has 138 valence electrons. The lowest BCUT2D eigenvalue weighted by Gasteiger charge is -2.12. The van der Waals surface area contributed by atoms with Crippen molar-refractivity contribution in [1.29, 1.82) is 0 Å². The Kier molecular flexibility index (Phi) is 6.33. The minimum Gasteiger partial charge on any atom is -0.469 e. The number of rotatable bonds is 5. The van der Waals surface area contributed by atoms with Crippen molar-refractivity contribution in [2.24, 2.45) is 0 Å². The van der Waals surface area contributed by atoms with Crippen LogP contribution in [0.2, 0.25) is 0 Å². The average molecular weight is 359 g/mol. The second-order valence-electron chi connectivity index (χ2n) is 6.20. The molecule has 0 aliphatic carbocycles. The van der Waals surface area contributed by atoms with Gasteiger partial charge in [0.25, 0.3) is 0 Å². The van der Waals surface area contributed by atoms with Crippen molar-refractivity contribution in [2.45, 2.75) is 32.7 Å². The fraction of sp³-hybridized carbons (Fsp3) is 0.300. The number of methoxy groups -OCH3 is 1. The van der Waals surface area contributed by atoms with Crippen LogP contribution in [0.5, 0.6) is 5.75 Å². The van der Waals surface area contributed by atoms with E-state index in [0.717, 1.165) is 0 Å². The number of halogens is 1.